The first-order chi connectivity index (χ1) is 9.58. The highest BCUT2D eigenvalue weighted by Crippen LogP contribution is 2.38. The number of hydrogen-bond donors (Lipinski definition) is 1. The van der Waals surface area contributed by atoms with Gasteiger partial charge >= 0.3 is 0 Å². The number of halogens is 1. The van der Waals surface area contributed by atoms with E-state index in [0.717, 1.165) is 46.5 Å². The molecule has 0 aliphatic rings. The lowest BCUT2D eigenvalue weighted by Crippen LogP contribution is -2.14. The molecular formula is C16H22BrNO2. The van der Waals surface area contributed by atoms with E-state index in [0.29, 0.717) is 5.92 Å². The van der Waals surface area contributed by atoms with Crippen molar-refractivity contribution in [3.05, 3.63) is 27.9 Å². The molecule has 4 heteroatoms. The van der Waals surface area contributed by atoms with Gasteiger partial charge in [0, 0.05) is 10.9 Å². The molecule has 1 aromatic heterocycles. The Morgan fingerprint density at radius 2 is 2.10 bits per heavy atom. The van der Waals surface area contributed by atoms with Crippen LogP contribution in [0.1, 0.15) is 44.4 Å². The highest BCUT2D eigenvalue weighted by Gasteiger charge is 2.19. The Morgan fingerprint density at radius 3 is 2.70 bits per heavy atom. The van der Waals surface area contributed by atoms with Gasteiger partial charge in [0.1, 0.15) is 17.1 Å². The highest BCUT2D eigenvalue weighted by atomic mass is 79.9. The number of methoxy groups -OCH3 is 1. The quantitative estimate of drug-likeness (QED) is 0.765. The summed E-state index contributed by atoms with van der Waals surface area (Å²) in [7, 11) is 1.69. The number of rotatable bonds is 6. The van der Waals surface area contributed by atoms with E-state index < -0.39 is 0 Å². The standard InChI is InChI=1S/C16H22BrNO2/c1-5-6-18-9-14-15(10(2)3)12-7-11(19-4)8-13(17)16(12)20-14/h7-8,10,18H,5-6,9H2,1-4H3. The van der Waals surface area contributed by atoms with Crippen LogP contribution in [0.15, 0.2) is 21.0 Å². The molecule has 0 aliphatic heterocycles. The van der Waals surface area contributed by atoms with Gasteiger partial charge in [0.15, 0.2) is 0 Å². The van der Waals surface area contributed by atoms with Gasteiger partial charge in [-0.05, 0) is 46.9 Å². The summed E-state index contributed by atoms with van der Waals surface area (Å²) in [6, 6.07) is 4.00. The molecule has 0 saturated heterocycles. The van der Waals surface area contributed by atoms with Gasteiger partial charge in [-0.15, -0.1) is 0 Å². The molecule has 1 aromatic carbocycles. The van der Waals surface area contributed by atoms with Crippen LogP contribution in [-0.2, 0) is 6.54 Å². The maximum atomic E-state index is 6.07. The monoisotopic (exact) mass is 339 g/mol. The summed E-state index contributed by atoms with van der Waals surface area (Å²) >= 11 is 3.57. The van der Waals surface area contributed by atoms with Crippen molar-refractivity contribution in [2.24, 2.45) is 0 Å². The number of fused-ring (bicyclic) bond motifs is 1. The predicted octanol–water partition coefficient (Wildman–Crippen LogP) is 4.83. The molecule has 1 N–H and O–H groups in total. The molecular weight excluding hydrogens is 318 g/mol. The highest BCUT2D eigenvalue weighted by molar-refractivity contribution is 9.10. The minimum Gasteiger partial charge on any atom is -0.497 e. The van der Waals surface area contributed by atoms with E-state index >= 15 is 0 Å². The second-order valence-electron chi connectivity index (χ2n) is 5.26. The maximum absolute atomic E-state index is 6.07. The van der Waals surface area contributed by atoms with E-state index in [9.17, 15) is 0 Å². The Labute approximate surface area is 128 Å². The maximum Gasteiger partial charge on any atom is 0.149 e. The molecule has 0 fully saturated rings. The second-order valence-corrected chi connectivity index (χ2v) is 6.11. The first kappa shape index (κ1) is 15.4. The van der Waals surface area contributed by atoms with E-state index in [4.69, 9.17) is 9.15 Å². The molecule has 20 heavy (non-hydrogen) atoms. The van der Waals surface area contributed by atoms with E-state index in [1.807, 2.05) is 6.07 Å². The molecule has 0 spiro atoms. The molecule has 110 valence electrons. The largest absolute Gasteiger partial charge is 0.497 e. The van der Waals surface area contributed by atoms with Crippen LogP contribution < -0.4 is 10.1 Å². The van der Waals surface area contributed by atoms with Crippen LogP contribution >= 0.6 is 15.9 Å². The summed E-state index contributed by atoms with van der Waals surface area (Å²) in [6.07, 6.45) is 1.12. The van der Waals surface area contributed by atoms with Crippen molar-refractivity contribution in [2.45, 2.75) is 39.7 Å². The predicted molar refractivity (Wildman–Crippen MR) is 86.6 cm³/mol. The fraction of sp³-hybridized carbons (Fsp3) is 0.500. The Kier molecular flexibility index (Phi) is 5.11. The van der Waals surface area contributed by atoms with Crippen LogP contribution in [-0.4, -0.2) is 13.7 Å². The van der Waals surface area contributed by atoms with Crippen LogP contribution in [0.5, 0.6) is 5.75 Å². The van der Waals surface area contributed by atoms with Gasteiger partial charge < -0.3 is 14.5 Å². The van der Waals surface area contributed by atoms with Gasteiger partial charge in [0.05, 0.1) is 18.1 Å². The first-order valence-electron chi connectivity index (χ1n) is 7.08. The molecule has 0 bridgehead atoms. The Bertz CT molecular complexity index is 590. The number of ether oxygens (including phenoxy) is 1. The summed E-state index contributed by atoms with van der Waals surface area (Å²) in [5.74, 6) is 2.28. The Morgan fingerprint density at radius 1 is 1.35 bits per heavy atom. The van der Waals surface area contributed by atoms with Crippen LogP contribution in [0.2, 0.25) is 0 Å². The molecule has 0 amide bonds. The van der Waals surface area contributed by atoms with Gasteiger partial charge in [-0.25, -0.2) is 0 Å². The summed E-state index contributed by atoms with van der Waals surface area (Å²) < 4.78 is 12.4. The number of benzene rings is 1. The topological polar surface area (TPSA) is 34.4 Å². The summed E-state index contributed by atoms with van der Waals surface area (Å²) in [5, 5.41) is 4.55. The second kappa shape index (κ2) is 6.64. The van der Waals surface area contributed by atoms with Gasteiger partial charge in [0.25, 0.3) is 0 Å². The molecule has 0 aliphatic carbocycles. The molecule has 2 aromatic rings. The van der Waals surface area contributed by atoms with Crippen LogP contribution in [0.3, 0.4) is 0 Å². The molecule has 0 radical (unpaired) electrons. The fourth-order valence-corrected chi connectivity index (χ4v) is 2.98. The molecule has 0 unspecified atom stereocenters. The third kappa shape index (κ3) is 3.01. The zero-order chi connectivity index (χ0) is 14.7. The van der Waals surface area contributed by atoms with E-state index in [1.165, 1.54) is 5.56 Å². The lowest BCUT2D eigenvalue weighted by atomic mass is 9.99. The van der Waals surface area contributed by atoms with E-state index in [2.05, 4.69) is 48.1 Å². The van der Waals surface area contributed by atoms with Gasteiger partial charge in [-0.2, -0.15) is 0 Å². The minimum atomic E-state index is 0.411. The number of hydrogen-bond acceptors (Lipinski definition) is 3. The fourth-order valence-electron chi connectivity index (χ4n) is 2.46. The molecule has 0 atom stereocenters. The molecule has 0 saturated carbocycles. The summed E-state index contributed by atoms with van der Waals surface area (Å²) in [6.45, 7) is 8.32. The number of nitrogens with one attached hydrogen (secondary N) is 1. The minimum absolute atomic E-state index is 0.411. The molecule has 2 rings (SSSR count). The van der Waals surface area contributed by atoms with Crippen molar-refractivity contribution < 1.29 is 9.15 Å². The molecule has 1 heterocycles. The summed E-state index contributed by atoms with van der Waals surface area (Å²) in [5.41, 5.74) is 2.17. The van der Waals surface area contributed by atoms with Crippen molar-refractivity contribution in [2.75, 3.05) is 13.7 Å². The summed E-state index contributed by atoms with van der Waals surface area (Å²) in [4.78, 5) is 0. The Hall–Kier alpha value is -1.00. The zero-order valence-electron chi connectivity index (χ0n) is 12.5. The molecule has 3 nitrogen and oxygen atoms in total. The van der Waals surface area contributed by atoms with Crippen molar-refractivity contribution in [1.82, 2.24) is 5.32 Å². The van der Waals surface area contributed by atoms with Gasteiger partial charge in [-0.3, -0.25) is 0 Å². The van der Waals surface area contributed by atoms with E-state index in [-0.39, 0.29) is 0 Å². The zero-order valence-corrected chi connectivity index (χ0v) is 14.1. The SMILES string of the molecule is CCCNCc1oc2c(Br)cc(OC)cc2c1C(C)C. The Balaban J connectivity index is 2.52. The van der Waals surface area contributed by atoms with Crippen LogP contribution in [0.4, 0.5) is 0 Å². The number of furan rings is 1. The van der Waals surface area contributed by atoms with Crippen molar-refractivity contribution >= 4 is 26.9 Å². The van der Waals surface area contributed by atoms with E-state index in [1.54, 1.807) is 7.11 Å². The van der Waals surface area contributed by atoms with Crippen LogP contribution in [0, 0.1) is 0 Å². The normalized spacial score (nSPS) is 11.5. The first-order valence-corrected chi connectivity index (χ1v) is 7.87. The van der Waals surface area contributed by atoms with Crippen LogP contribution in [0.25, 0.3) is 11.0 Å². The smallest absolute Gasteiger partial charge is 0.149 e. The van der Waals surface area contributed by atoms with Gasteiger partial charge in [-0.1, -0.05) is 20.8 Å². The average Bonchev–Trinajstić information content (AvgIpc) is 2.78. The van der Waals surface area contributed by atoms with Crippen molar-refractivity contribution in [3.8, 4) is 5.75 Å². The lowest BCUT2D eigenvalue weighted by molar-refractivity contribution is 0.415. The third-order valence-corrected chi connectivity index (χ3v) is 3.95. The van der Waals surface area contributed by atoms with Gasteiger partial charge in [0.2, 0.25) is 0 Å². The van der Waals surface area contributed by atoms with Crippen molar-refractivity contribution in [3.63, 3.8) is 0 Å². The lowest BCUT2D eigenvalue weighted by Gasteiger charge is -2.08. The average molecular weight is 340 g/mol. The van der Waals surface area contributed by atoms with Crippen molar-refractivity contribution in [1.29, 1.82) is 0 Å². The third-order valence-electron chi connectivity index (χ3n) is 3.36.